The fourth-order valence-corrected chi connectivity index (χ4v) is 4.35. The summed E-state index contributed by atoms with van der Waals surface area (Å²) in [6.07, 6.45) is 3.47. The summed E-state index contributed by atoms with van der Waals surface area (Å²) in [4.78, 5) is 36.9. The second kappa shape index (κ2) is 7.74. The molecule has 5 nitrogen and oxygen atoms in total. The largest absolute Gasteiger partial charge is 0.268 e. The smallest absolute Gasteiger partial charge is 0.266 e. The number of hydrogen-bond donors (Lipinski definition) is 0. The van der Waals surface area contributed by atoms with E-state index >= 15 is 0 Å². The molecule has 1 aliphatic rings. The lowest BCUT2D eigenvalue weighted by Crippen LogP contribution is -2.41. The lowest BCUT2D eigenvalue weighted by atomic mass is 9.92. The van der Waals surface area contributed by atoms with E-state index in [4.69, 9.17) is 0 Å². The molecule has 0 atom stereocenters. The summed E-state index contributed by atoms with van der Waals surface area (Å²) in [6.45, 7) is 1.93. The number of imide groups is 1. The highest BCUT2D eigenvalue weighted by atomic mass is 32.1. The van der Waals surface area contributed by atoms with E-state index < -0.39 is 0 Å². The molecule has 2 aromatic carbocycles. The van der Waals surface area contributed by atoms with Gasteiger partial charge in [-0.25, -0.2) is 9.88 Å². The Kier molecular flexibility index (Phi) is 4.76. The van der Waals surface area contributed by atoms with Gasteiger partial charge in [0, 0.05) is 22.7 Å². The number of anilines is 1. The Labute approximate surface area is 183 Å². The first-order valence-corrected chi connectivity index (χ1v) is 10.6. The zero-order valence-electron chi connectivity index (χ0n) is 16.6. The maximum Gasteiger partial charge on any atom is 0.266 e. The minimum Gasteiger partial charge on any atom is -0.268 e. The Balaban J connectivity index is 1.62. The monoisotopic (exact) mass is 423 g/mol. The van der Waals surface area contributed by atoms with Crippen molar-refractivity contribution in [1.82, 2.24) is 9.97 Å². The zero-order chi connectivity index (χ0) is 21.4. The standard InChI is InChI=1S/C25H17N3O2S/c1-16-7-6-8-18(13-16)28-24(29)20-10-3-2-9-19(20)21(25(28)30)14-17-15-31-23(27-17)22-11-4-5-12-26-22/h2-15H,1H3/b21-14-. The summed E-state index contributed by atoms with van der Waals surface area (Å²) in [5, 5.41) is 2.66. The van der Waals surface area contributed by atoms with E-state index in [-0.39, 0.29) is 11.8 Å². The highest BCUT2D eigenvalue weighted by molar-refractivity contribution is 7.13. The van der Waals surface area contributed by atoms with Gasteiger partial charge in [0.15, 0.2) is 0 Å². The Morgan fingerprint density at radius 1 is 0.903 bits per heavy atom. The minimum absolute atomic E-state index is 0.323. The maximum absolute atomic E-state index is 13.5. The summed E-state index contributed by atoms with van der Waals surface area (Å²) in [5.41, 5.74) is 4.52. The van der Waals surface area contributed by atoms with Gasteiger partial charge in [-0.3, -0.25) is 14.6 Å². The molecule has 0 unspecified atom stereocenters. The summed E-state index contributed by atoms with van der Waals surface area (Å²) >= 11 is 1.46. The fraction of sp³-hybridized carbons (Fsp3) is 0.0400. The van der Waals surface area contributed by atoms with Crippen molar-refractivity contribution in [3.63, 3.8) is 0 Å². The van der Waals surface area contributed by atoms with Crippen LogP contribution in [0.5, 0.6) is 0 Å². The van der Waals surface area contributed by atoms with Crippen LogP contribution in [-0.2, 0) is 4.79 Å². The van der Waals surface area contributed by atoms with E-state index in [1.54, 1.807) is 36.5 Å². The van der Waals surface area contributed by atoms with Gasteiger partial charge in [-0.1, -0.05) is 36.4 Å². The zero-order valence-corrected chi connectivity index (χ0v) is 17.5. The van der Waals surface area contributed by atoms with Crippen LogP contribution in [0, 0.1) is 6.92 Å². The third kappa shape index (κ3) is 3.47. The summed E-state index contributed by atoms with van der Waals surface area (Å²) in [7, 11) is 0. The van der Waals surface area contributed by atoms with Crippen LogP contribution < -0.4 is 4.90 Å². The van der Waals surface area contributed by atoms with Crippen LogP contribution in [0.1, 0.15) is 27.2 Å². The number of fused-ring (bicyclic) bond motifs is 1. The molecule has 0 aliphatic carbocycles. The second-order valence-electron chi connectivity index (χ2n) is 7.18. The van der Waals surface area contributed by atoms with Gasteiger partial charge in [0.25, 0.3) is 11.8 Å². The number of rotatable bonds is 3. The van der Waals surface area contributed by atoms with Crippen LogP contribution in [0.25, 0.3) is 22.4 Å². The third-order valence-electron chi connectivity index (χ3n) is 5.04. The van der Waals surface area contributed by atoms with E-state index in [0.717, 1.165) is 16.3 Å². The van der Waals surface area contributed by atoms with Gasteiger partial charge in [0.2, 0.25) is 0 Å². The molecule has 0 fully saturated rings. The molecule has 4 aromatic rings. The second-order valence-corrected chi connectivity index (χ2v) is 8.04. The molecule has 0 saturated heterocycles. The van der Waals surface area contributed by atoms with Gasteiger partial charge in [-0.2, -0.15) is 0 Å². The molecule has 0 N–H and O–H groups in total. The van der Waals surface area contributed by atoms with E-state index in [2.05, 4.69) is 9.97 Å². The molecule has 0 saturated carbocycles. The number of amides is 2. The van der Waals surface area contributed by atoms with Crippen LogP contribution in [0.2, 0.25) is 0 Å². The van der Waals surface area contributed by atoms with E-state index in [0.29, 0.717) is 28.1 Å². The van der Waals surface area contributed by atoms with Gasteiger partial charge < -0.3 is 0 Å². The van der Waals surface area contributed by atoms with Crippen LogP contribution in [0.3, 0.4) is 0 Å². The Hall–Kier alpha value is -3.90. The van der Waals surface area contributed by atoms with Gasteiger partial charge in [-0.15, -0.1) is 11.3 Å². The molecule has 2 aromatic heterocycles. The fourth-order valence-electron chi connectivity index (χ4n) is 3.60. The molecule has 1 aliphatic heterocycles. The van der Waals surface area contributed by atoms with Gasteiger partial charge in [0.05, 0.1) is 22.6 Å². The normalized spacial score (nSPS) is 14.7. The van der Waals surface area contributed by atoms with Crippen LogP contribution in [0.4, 0.5) is 5.69 Å². The quantitative estimate of drug-likeness (QED) is 0.334. The minimum atomic E-state index is -0.360. The lowest BCUT2D eigenvalue weighted by Gasteiger charge is -2.28. The number of aryl methyl sites for hydroxylation is 1. The summed E-state index contributed by atoms with van der Waals surface area (Å²) < 4.78 is 0. The van der Waals surface area contributed by atoms with Gasteiger partial charge >= 0.3 is 0 Å². The van der Waals surface area contributed by atoms with Crippen LogP contribution >= 0.6 is 11.3 Å². The first-order valence-electron chi connectivity index (χ1n) is 9.75. The van der Waals surface area contributed by atoms with Crippen molar-refractivity contribution in [2.75, 3.05) is 4.90 Å². The molecule has 31 heavy (non-hydrogen) atoms. The molecule has 3 heterocycles. The third-order valence-corrected chi connectivity index (χ3v) is 5.93. The van der Waals surface area contributed by atoms with Crippen molar-refractivity contribution in [2.45, 2.75) is 6.92 Å². The van der Waals surface area contributed by atoms with Gasteiger partial charge in [-0.05, 0) is 48.9 Å². The molecule has 0 bridgehead atoms. The van der Waals surface area contributed by atoms with Crippen LogP contribution in [-0.4, -0.2) is 21.8 Å². The lowest BCUT2D eigenvalue weighted by molar-refractivity contribution is -0.112. The molecular weight excluding hydrogens is 406 g/mol. The molecular formula is C25H17N3O2S. The van der Waals surface area contributed by atoms with Crippen molar-refractivity contribution in [3.05, 3.63) is 101 Å². The SMILES string of the molecule is Cc1cccc(N2C(=O)/C(=C\c3csc(-c4ccccn4)n3)c3ccccc3C2=O)c1. The first-order chi connectivity index (χ1) is 15.1. The summed E-state index contributed by atoms with van der Waals surface area (Å²) in [6, 6.07) is 20.2. The maximum atomic E-state index is 13.5. The van der Waals surface area contributed by atoms with Crippen molar-refractivity contribution in [3.8, 4) is 10.7 Å². The Bertz CT molecular complexity index is 1340. The predicted molar refractivity (Wildman–Crippen MR) is 123 cm³/mol. The number of carbonyl (C=O) groups is 2. The van der Waals surface area contributed by atoms with Crippen molar-refractivity contribution in [2.24, 2.45) is 0 Å². The molecule has 0 radical (unpaired) electrons. The van der Waals surface area contributed by atoms with E-state index in [1.807, 2.05) is 54.8 Å². The average molecular weight is 423 g/mol. The highest BCUT2D eigenvalue weighted by Gasteiger charge is 2.35. The number of pyridine rings is 1. The number of hydrogen-bond acceptors (Lipinski definition) is 5. The van der Waals surface area contributed by atoms with Crippen molar-refractivity contribution < 1.29 is 9.59 Å². The number of carbonyl (C=O) groups excluding carboxylic acids is 2. The first kappa shape index (κ1) is 19.1. The van der Waals surface area contributed by atoms with Crippen molar-refractivity contribution in [1.29, 1.82) is 0 Å². The summed E-state index contributed by atoms with van der Waals surface area (Å²) in [5.74, 6) is -0.683. The number of aromatic nitrogens is 2. The van der Waals surface area contributed by atoms with Crippen molar-refractivity contribution >= 4 is 40.5 Å². The number of thiazole rings is 1. The topological polar surface area (TPSA) is 63.2 Å². The van der Waals surface area contributed by atoms with E-state index in [1.165, 1.54) is 16.2 Å². The number of benzene rings is 2. The number of nitrogens with zero attached hydrogens (tertiary/aromatic N) is 3. The van der Waals surface area contributed by atoms with E-state index in [9.17, 15) is 9.59 Å². The molecule has 150 valence electrons. The van der Waals surface area contributed by atoms with Gasteiger partial charge in [0.1, 0.15) is 5.01 Å². The average Bonchev–Trinajstić information content (AvgIpc) is 3.26. The Morgan fingerprint density at radius 2 is 1.71 bits per heavy atom. The molecule has 6 heteroatoms. The Morgan fingerprint density at radius 3 is 2.48 bits per heavy atom. The van der Waals surface area contributed by atoms with Crippen LogP contribution in [0.15, 0.2) is 78.3 Å². The molecule has 2 amide bonds. The predicted octanol–water partition coefficient (Wildman–Crippen LogP) is 5.24. The highest BCUT2D eigenvalue weighted by Crippen LogP contribution is 2.34. The molecule has 0 spiro atoms. The molecule has 5 rings (SSSR count).